The van der Waals surface area contributed by atoms with Crippen LogP contribution in [-0.2, 0) is 4.79 Å². The Morgan fingerprint density at radius 2 is 1.97 bits per heavy atom. The van der Waals surface area contributed by atoms with Gasteiger partial charge in [0.05, 0.1) is 19.3 Å². The summed E-state index contributed by atoms with van der Waals surface area (Å²) in [6.45, 7) is 0.652. The SMILES string of the molecule is COc1ccc(OCC(=O)Nc2cnc3ccc(N4CCCC4c4cccc(F)c4)nn23)cc1. The Labute approximate surface area is 195 Å². The molecule has 34 heavy (non-hydrogen) atoms. The second kappa shape index (κ2) is 9.38. The summed E-state index contributed by atoms with van der Waals surface area (Å²) in [6, 6.07) is 17.5. The summed E-state index contributed by atoms with van der Waals surface area (Å²) in [4.78, 5) is 19.0. The molecule has 1 saturated heterocycles. The Hall–Kier alpha value is -4.14. The van der Waals surface area contributed by atoms with E-state index in [-0.39, 0.29) is 24.4 Å². The number of carbonyl (C=O) groups is 1. The van der Waals surface area contributed by atoms with Gasteiger partial charge in [-0.15, -0.1) is 5.10 Å². The predicted octanol–water partition coefficient (Wildman–Crippen LogP) is 4.24. The number of hydrogen-bond acceptors (Lipinski definition) is 6. The van der Waals surface area contributed by atoms with Crippen molar-refractivity contribution in [2.75, 3.05) is 30.5 Å². The fourth-order valence-corrected chi connectivity index (χ4v) is 4.20. The monoisotopic (exact) mass is 461 g/mol. The van der Waals surface area contributed by atoms with Crippen molar-refractivity contribution < 1.29 is 18.7 Å². The average molecular weight is 461 g/mol. The van der Waals surface area contributed by atoms with E-state index in [1.54, 1.807) is 54.2 Å². The lowest BCUT2D eigenvalue weighted by atomic mass is 10.0. The zero-order valence-corrected chi connectivity index (χ0v) is 18.6. The molecule has 4 aromatic rings. The van der Waals surface area contributed by atoms with Crippen molar-refractivity contribution in [3.63, 3.8) is 0 Å². The molecule has 5 rings (SSSR count). The molecule has 1 N–H and O–H groups in total. The number of methoxy groups -OCH3 is 1. The summed E-state index contributed by atoms with van der Waals surface area (Å²) in [5.41, 5.74) is 1.53. The zero-order valence-electron chi connectivity index (χ0n) is 18.6. The van der Waals surface area contributed by atoms with Gasteiger partial charge in [-0.3, -0.25) is 4.79 Å². The van der Waals surface area contributed by atoms with Crippen LogP contribution in [0.15, 0.2) is 66.9 Å². The number of ether oxygens (including phenoxy) is 2. The molecule has 174 valence electrons. The lowest BCUT2D eigenvalue weighted by Crippen LogP contribution is -2.25. The van der Waals surface area contributed by atoms with Crippen LogP contribution in [0.3, 0.4) is 0 Å². The topological polar surface area (TPSA) is 81.0 Å². The number of hydrogen-bond donors (Lipinski definition) is 1. The molecule has 1 unspecified atom stereocenters. The number of anilines is 2. The Balaban J connectivity index is 1.31. The number of benzene rings is 2. The first-order valence-electron chi connectivity index (χ1n) is 11.0. The van der Waals surface area contributed by atoms with Crippen molar-refractivity contribution in [2.45, 2.75) is 18.9 Å². The van der Waals surface area contributed by atoms with Gasteiger partial charge in [-0.25, -0.2) is 9.37 Å². The second-order valence-corrected chi connectivity index (χ2v) is 8.02. The number of imidazole rings is 1. The fraction of sp³-hybridized carbons (Fsp3) is 0.240. The van der Waals surface area contributed by atoms with Gasteiger partial charge in [-0.2, -0.15) is 4.52 Å². The number of amides is 1. The molecule has 0 bridgehead atoms. The van der Waals surface area contributed by atoms with Crippen molar-refractivity contribution in [3.8, 4) is 11.5 Å². The number of fused-ring (bicyclic) bond motifs is 1. The van der Waals surface area contributed by atoms with E-state index in [4.69, 9.17) is 14.6 Å². The largest absolute Gasteiger partial charge is 0.497 e. The average Bonchev–Trinajstić information content (AvgIpc) is 3.50. The number of nitrogens with zero attached hydrogens (tertiary/aromatic N) is 4. The summed E-state index contributed by atoms with van der Waals surface area (Å²) in [5, 5.41) is 7.53. The van der Waals surface area contributed by atoms with Crippen molar-refractivity contribution in [3.05, 3.63) is 78.2 Å². The minimum Gasteiger partial charge on any atom is -0.497 e. The Kier molecular flexibility index (Phi) is 5.99. The van der Waals surface area contributed by atoms with E-state index in [0.717, 1.165) is 30.8 Å². The van der Waals surface area contributed by atoms with Crippen LogP contribution in [0.4, 0.5) is 16.0 Å². The van der Waals surface area contributed by atoms with E-state index in [2.05, 4.69) is 15.2 Å². The number of aromatic nitrogens is 3. The van der Waals surface area contributed by atoms with E-state index in [1.165, 1.54) is 6.07 Å². The van der Waals surface area contributed by atoms with Gasteiger partial charge in [0.25, 0.3) is 5.91 Å². The molecule has 0 aliphatic carbocycles. The molecule has 2 aromatic heterocycles. The maximum absolute atomic E-state index is 13.8. The first kappa shape index (κ1) is 21.7. The molecule has 0 radical (unpaired) electrons. The number of halogens is 1. The molecule has 0 spiro atoms. The van der Waals surface area contributed by atoms with Gasteiger partial charge in [0, 0.05) is 6.54 Å². The molecule has 1 aliphatic heterocycles. The molecule has 9 heteroatoms. The van der Waals surface area contributed by atoms with Gasteiger partial charge in [-0.1, -0.05) is 12.1 Å². The van der Waals surface area contributed by atoms with E-state index >= 15 is 0 Å². The van der Waals surface area contributed by atoms with Gasteiger partial charge in [0.15, 0.2) is 18.1 Å². The van der Waals surface area contributed by atoms with Gasteiger partial charge in [0.1, 0.15) is 23.1 Å². The van der Waals surface area contributed by atoms with Crippen LogP contribution < -0.4 is 19.7 Å². The van der Waals surface area contributed by atoms with Crippen molar-refractivity contribution in [2.24, 2.45) is 0 Å². The number of nitrogens with one attached hydrogen (secondary N) is 1. The van der Waals surface area contributed by atoms with Crippen molar-refractivity contribution >= 4 is 23.2 Å². The lowest BCUT2D eigenvalue weighted by molar-refractivity contribution is -0.118. The minimum absolute atomic E-state index is 0.0418. The first-order chi connectivity index (χ1) is 16.6. The van der Waals surface area contributed by atoms with Crippen molar-refractivity contribution in [1.29, 1.82) is 0 Å². The van der Waals surface area contributed by atoms with Gasteiger partial charge < -0.3 is 19.7 Å². The standard InChI is InChI=1S/C25H24FN5O3/c1-33-19-7-9-20(10-8-19)34-16-25(32)28-24-15-27-22-11-12-23(29-31(22)24)30-13-3-6-21(30)17-4-2-5-18(26)14-17/h2,4-5,7-12,14-15,21H,3,6,13,16H2,1H3,(H,28,32). The third-order valence-corrected chi connectivity index (χ3v) is 5.83. The summed E-state index contributed by atoms with van der Waals surface area (Å²) in [6.07, 6.45) is 3.46. The Bertz CT molecular complexity index is 1310. The van der Waals surface area contributed by atoms with Crippen LogP contribution in [0.2, 0.25) is 0 Å². The molecule has 3 heterocycles. The zero-order chi connectivity index (χ0) is 23.5. The van der Waals surface area contributed by atoms with Crippen LogP contribution in [0, 0.1) is 5.82 Å². The molecular formula is C25H24FN5O3. The molecule has 0 saturated carbocycles. The third kappa shape index (κ3) is 4.50. The molecular weight excluding hydrogens is 437 g/mol. The normalized spacial score (nSPS) is 15.5. The predicted molar refractivity (Wildman–Crippen MR) is 126 cm³/mol. The summed E-state index contributed by atoms with van der Waals surface area (Å²) in [7, 11) is 1.59. The molecule has 1 atom stereocenters. The van der Waals surface area contributed by atoms with Gasteiger partial charge >= 0.3 is 0 Å². The van der Waals surface area contributed by atoms with E-state index in [9.17, 15) is 9.18 Å². The van der Waals surface area contributed by atoms with Crippen LogP contribution in [0.1, 0.15) is 24.4 Å². The summed E-state index contributed by atoms with van der Waals surface area (Å²) >= 11 is 0. The summed E-state index contributed by atoms with van der Waals surface area (Å²) < 4.78 is 26.1. The van der Waals surface area contributed by atoms with Crippen LogP contribution in [-0.4, -0.2) is 40.8 Å². The second-order valence-electron chi connectivity index (χ2n) is 8.02. The van der Waals surface area contributed by atoms with E-state index < -0.39 is 0 Å². The highest BCUT2D eigenvalue weighted by Gasteiger charge is 2.28. The van der Waals surface area contributed by atoms with Crippen LogP contribution >= 0.6 is 0 Å². The quantitative estimate of drug-likeness (QED) is 0.444. The van der Waals surface area contributed by atoms with Gasteiger partial charge in [-0.05, 0) is 66.9 Å². The fourth-order valence-electron chi connectivity index (χ4n) is 4.20. The molecule has 1 amide bonds. The highest BCUT2D eigenvalue weighted by Crippen LogP contribution is 2.35. The third-order valence-electron chi connectivity index (χ3n) is 5.83. The van der Waals surface area contributed by atoms with Crippen LogP contribution in [0.5, 0.6) is 11.5 Å². The highest BCUT2D eigenvalue weighted by atomic mass is 19.1. The number of rotatable bonds is 7. The van der Waals surface area contributed by atoms with E-state index in [0.29, 0.717) is 23.0 Å². The Morgan fingerprint density at radius 3 is 2.76 bits per heavy atom. The smallest absolute Gasteiger partial charge is 0.263 e. The molecule has 2 aromatic carbocycles. The minimum atomic E-state index is -0.330. The maximum Gasteiger partial charge on any atom is 0.263 e. The molecule has 1 aliphatic rings. The maximum atomic E-state index is 13.8. The van der Waals surface area contributed by atoms with Crippen molar-refractivity contribution in [1.82, 2.24) is 14.6 Å². The Morgan fingerprint density at radius 1 is 1.15 bits per heavy atom. The first-order valence-corrected chi connectivity index (χ1v) is 11.0. The van der Waals surface area contributed by atoms with Crippen LogP contribution in [0.25, 0.3) is 5.65 Å². The molecule has 8 nitrogen and oxygen atoms in total. The van der Waals surface area contributed by atoms with Gasteiger partial charge in [0.2, 0.25) is 0 Å². The summed E-state index contributed by atoms with van der Waals surface area (Å²) in [5.74, 6) is 1.88. The highest BCUT2D eigenvalue weighted by molar-refractivity contribution is 5.91. The molecule has 1 fully saturated rings. The van der Waals surface area contributed by atoms with E-state index in [1.807, 2.05) is 18.2 Å². The number of carbonyl (C=O) groups excluding carboxylic acids is 1. The lowest BCUT2D eigenvalue weighted by Gasteiger charge is -2.26.